The van der Waals surface area contributed by atoms with E-state index in [1.54, 1.807) is 17.0 Å². The number of nitro groups is 1. The third-order valence-electron chi connectivity index (χ3n) is 3.81. The summed E-state index contributed by atoms with van der Waals surface area (Å²) in [7, 11) is 0. The minimum Gasteiger partial charge on any atom is -0.362 e. The van der Waals surface area contributed by atoms with Crippen molar-refractivity contribution in [3.63, 3.8) is 0 Å². The van der Waals surface area contributed by atoms with Crippen LogP contribution in [0.4, 0.5) is 16.2 Å². The molecule has 1 heterocycles. The Bertz CT molecular complexity index is 624. The number of nitrogens with one attached hydrogen (secondary N) is 1. The standard InChI is InChI=1S/C15H20N4O4/c1-3-16-15(21)18-8-6-17(7-9-18)13-5-4-12(11(2)20)10-14(13)19(22)23/h4-5,10H,3,6-9H2,1-2H3,(H,16,21). The van der Waals surface area contributed by atoms with Gasteiger partial charge in [0.15, 0.2) is 5.78 Å². The van der Waals surface area contributed by atoms with Gasteiger partial charge in [0.1, 0.15) is 5.69 Å². The molecule has 0 unspecified atom stereocenters. The van der Waals surface area contributed by atoms with Gasteiger partial charge in [-0.05, 0) is 26.0 Å². The molecule has 0 aliphatic carbocycles. The number of nitro benzene ring substituents is 1. The number of carbonyl (C=O) groups is 2. The van der Waals surface area contributed by atoms with Crippen LogP contribution in [0.25, 0.3) is 0 Å². The molecular formula is C15H20N4O4. The molecule has 8 heteroatoms. The van der Waals surface area contributed by atoms with Gasteiger partial charge in [-0.3, -0.25) is 14.9 Å². The number of hydrogen-bond donors (Lipinski definition) is 1. The quantitative estimate of drug-likeness (QED) is 0.517. The first kappa shape index (κ1) is 16.7. The van der Waals surface area contributed by atoms with Crippen LogP contribution in [0.2, 0.25) is 0 Å². The lowest BCUT2D eigenvalue weighted by Gasteiger charge is -2.35. The minimum atomic E-state index is -0.474. The zero-order valence-corrected chi connectivity index (χ0v) is 13.2. The molecule has 1 aliphatic heterocycles. The number of rotatable bonds is 4. The number of anilines is 1. The maximum atomic E-state index is 11.8. The number of amides is 2. The number of urea groups is 1. The Labute approximate surface area is 134 Å². The summed E-state index contributed by atoms with van der Waals surface area (Å²) in [5.74, 6) is -0.208. The number of hydrogen-bond acceptors (Lipinski definition) is 5. The zero-order valence-electron chi connectivity index (χ0n) is 13.2. The second-order valence-corrected chi connectivity index (χ2v) is 5.33. The molecule has 1 aromatic rings. The van der Waals surface area contributed by atoms with Crippen molar-refractivity contribution in [3.8, 4) is 0 Å². The normalized spacial score (nSPS) is 14.5. The molecule has 124 valence electrons. The van der Waals surface area contributed by atoms with Gasteiger partial charge in [0.2, 0.25) is 0 Å². The van der Waals surface area contributed by atoms with Gasteiger partial charge in [-0.1, -0.05) is 0 Å². The van der Waals surface area contributed by atoms with E-state index in [0.29, 0.717) is 44.0 Å². The van der Waals surface area contributed by atoms with Crippen LogP contribution in [0.15, 0.2) is 18.2 Å². The fourth-order valence-corrected chi connectivity index (χ4v) is 2.57. The van der Waals surface area contributed by atoms with Crippen LogP contribution in [0.5, 0.6) is 0 Å². The topological polar surface area (TPSA) is 95.8 Å². The van der Waals surface area contributed by atoms with Gasteiger partial charge < -0.3 is 15.1 Å². The first-order valence-corrected chi connectivity index (χ1v) is 7.51. The molecule has 2 rings (SSSR count). The SMILES string of the molecule is CCNC(=O)N1CCN(c2ccc(C(C)=O)cc2[N+](=O)[O-])CC1. The summed E-state index contributed by atoms with van der Waals surface area (Å²) in [5.41, 5.74) is 0.723. The van der Waals surface area contributed by atoms with Crippen molar-refractivity contribution < 1.29 is 14.5 Å². The number of Topliss-reactive ketones (excluding diaryl/α,β-unsaturated/α-hetero) is 1. The lowest BCUT2D eigenvalue weighted by Crippen LogP contribution is -2.51. The van der Waals surface area contributed by atoms with Gasteiger partial charge in [-0.2, -0.15) is 0 Å². The maximum Gasteiger partial charge on any atom is 0.317 e. The fraction of sp³-hybridized carbons (Fsp3) is 0.467. The summed E-state index contributed by atoms with van der Waals surface area (Å²) < 4.78 is 0. The van der Waals surface area contributed by atoms with Gasteiger partial charge in [0.25, 0.3) is 5.69 Å². The third kappa shape index (κ3) is 3.77. The Balaban J connectivity index is 2.16. The van der Waals surface area contributed by atoms with Crippen LogP contribution < -0.4 is 10.2 Å². The Hall–Kier alpha value is -2.64. The molecule has 1 N–H and O–H groups in total. The van der Waals surface area contributed by atoms with Crippen molar-refractivity contribution in [2.45, 2.75) is 13.8 Å². The average molecular weight is 320 g/mol. The Kier molecular flexibility index (Phi) is 5.15. The highest BCUT2D eigenvalue weighted by Crippen LogP contribution is 2.30. The smallest absolute Gasteiger partial charge is 0.317 e. The fourth-order valence-electron chi connectivity index (χ4n) is 2.57. The molecule has 23 heavy (non-hydrogen) atoms. The van der Waals surface area contributed by atoms with Crippen LogP contribution >= 0.6 is 0 Å². The summed E-state index contributed by atoms with van der Waals surface area (Å²) in [4.78, 5) is 37.6. The number of benzene rings is 1. The first-order valence-electron chi connectivity index (χ1n) is 7.51. The molecule has 2 amide bonds. The maximum absolute atomic E-state index is 11.8. The number of carbonyl (C=O) groups excluding carboxylic acids is 2. The highest BCUT2D eigenvalue weighted by Gasteiger charge is 2.26. The van der Waals surface area contributed by atoms with Crippen LogP contribution in [0.3, 0.4) is 0 Å². The van der Waals surface area contributed by atoms with E-state index in [9.17, 15) is 19.7 Å². The van der Waals surface area contributed by atoms with Crippen molar-refractivity contribution >= 4 is 23.2 Å². The summed E-state index contributed by atoms with van der Waals surface area (Å²) >= 11 is 0. The highest BCUT2D eigenvalue weighted by atomic mass is 16.6. The molecule has 1 aliphatic rings. The summed E-state index contributed by atoms with van der Waals surface area (Å²) in [6.07, 6.45) is 0. The van der Waals surface area contributed by atoms with Crippen LogP contribution in [-0.2, 0) is 0 Å². The number of nitrogens with zero attached hydrogens (tertiary/aromatic N) is 3. The first-order chi connectivity index (χ1) is 10.9. The van der Waals surface area contributed by atoms with E-state index in [1.807, 2.05) is 11.8 Å². The highest BCUT2D eigenvalue weighted by molar-refractivity contribution is 5.95. The third-order valence-corrected chi connectivity index (χ3v) is 3.81. The van der Waals surface area contributed by atoms with Crippen LogP contribution in [-0.4, -0.2) is 54.4 Å². The number of ketones is 1. The Morgan fingerprint density at radius 2 is 1.91 bits per heavy atom. The van der Waals surface area contributed by atoms with E-state index < -0.39 is 4.92 Å². The van der Waals surface area contributed by atoms with Crippen molar-refractivity contribution in [1.29, 1.82) is 0 Å². The predicted molar refractivity (Wildman–Crippen MR) is 86.0 cm³/mol. The molecule has 8 nitrogen and oxygen atoms in total. The molecule has 0 aromatic heterocycles. The van der Waals surface area contributed by atoms with Crippen LogP contribution in [0, 0.1) is 10.1 Å². The molecule has 0 atom stereocenters. The van der Waals surface area contributed by atoms with Gasteiger partial charge in [0.05, 0.1) is 4.92 Å². The monoisotopic (exact) mass is 320 g/mol. The van der Waals surface area contributed by atoms with Crippen molar-refractivity contribution in [2.24, 2.45) is 0 Å². The molecule has 0 bridgehead atoms. The molecule has 1 saturated heterocycles. The van der Waals surface area contributed by atoms with E-state index in [2.05, 4.69) is 5.32 Å². The lowest BCUT2D eigenvalue weighted by molar-refractivity contribution is -0.384. The predicted octanol–water partition coefficient (Wildman–Crippen LogP) is 1.65. The van der Waals surface area contributed by atoms with E-state index in [0.717, 1.165) is 0 Å². The second kappa shape index (κ2) is 7.08. The van der Waals surface area contributed by atoms with E-state index in [1.165, 1.54) is 13.0 Å². The Morgan fingerprint density at radius 1 is 1.26 bits per heavy atom. The zero-order chi connectivity index (χ0) is 17.0. The van der Waals surface area contributed by atoms with Gasteiger partial charge in [-0.15, -0.1) is 0 Å². The summed E-state index contributed by atoms with van der Waals surface area (Å²) in [5, 5.41) is 14.0. The molecule has 0 spiro atoms. The Morgan fingerprint density at radius 3 is 2.43 bits per heavy atom. The lowest BCUT2D eigenvalue weighted by atomic mass is 10.1. The molecule has 0 radical (unpaired) electrons. The summed E-state index contributed by atoms with van der Waals surface area (Å²) in [6, 6.07) is 4.40. The second-order valence-electron chi connectivity index (χ2n) is 5.33. The van der Waals surface area contributed by atoms with Gasteiger partial charge in [0, 0.05) is 44.4 Å². The molecular weight excluding hydrogens is 300 g/mol. The van der Waals surface area contributed by atoms with Gasteiger partial charge >= 0.3 is 6.03 Å². The number of piperazine rings is 1. The van der Waals surface area contributed by atoms with E-state index in [4.69, 9.17) is 0 Å². The van der Waals surface area contributed by atoms with E-state index in [-0.39, 0.29) is 17.5 Å². The molecule has 1 fully saturated rings. The van der Waals surface area contributed by atoms with Crippen molar-refractivity contribution in [2.75, 3.05) is 37.6 Å². The largest absolute Gasteiger partial charge is 0.362 e. The molecule has 0 saturated carbocycles. The van der Waals surface area contributed by atoms with E-state index >= 15 is 0 Å². The molecule has 1 aromatic carbocycles. The van der Waals surface area contributed by atoms with Crippen LogP contribution in [0.1, 0.15) is 24.2 Å². The average Bonchev–Trinajstić information content (AvgIpc) is 2.54. The van der Waals surface area contributed by atoms with Crippen molar-refractivity contribution in [3.05, 3.63) is 33.9 Å². The summed E-state index contributed by atoms with van der Waals surface area (Å²) in [6.45, 7) is 5.82. The van der Waals surface area contributed by atoms with Gasteiger partial charge in [-0.25, -0.2) is 4.79 Å². The van der Waals surface area contributed by atoms with Crippen molar-refractivity contribution in [1.82, 2.24) is 10.2 Å². The minimum absolute atomic E-state index is 0.0795.